The Morgan fingerprint density at radius 2 is 1.94 bits per heavy atom. The molecule has 1 heterocycles. The van der Waals surface area contributed by atoms with Crippen molar-refractivity contribution in [2.45, 2.75) is 31.7 Å². The molecule has 1 N–H and O–H groups in total. The molecule has 2 nitrogen and oxygen atoms in total. The molecular formula is C13H17F3N2. The molecule has 18 heavy (non-hydrogen) atoms. The summed E-state index contributed by atoms with van der Waals surface area (Å²) in [5, 5.41) is 3.10. The summed E-state index contributed by atoms with van der Waals surface area (Å²) in [5.41, 5.74) is 0.688. The van der Waals surface area contributed by atoms with Gasteiger partial charge in [0.2, 0.25) is 0 Å². The fourth-order valence-electron chi connectivity index (χ4n) is 2.24. The van der Waals surface area contributed by atoms with Crippen LogP contribution < -0.4 is 5.32 Å². The number of halogens is 3. The van der Waals surface area contributed by atoms with Gasteiger partial charge in [-0.25, -0.2) is 4.90 Å². The average Bonchev–Trinajstić information content (AvgIpc) is 2.81. The molecule has 0 spiro atoms. The van der Waals surface area contributed by atoms with Crippen LogP contribution >= 0.6 is 0 Å². The topological polar surface area (TPSA) is 15.3 Å². The number of hydrogen-bond acceptors (Lipinski definition) is 2. The summed E-state index contributed by atoms with van der Waals surface area (Å²) >= 11 is 0. The second-order valence-electron chi connectivity index (χ2n) is 4.63. The van der Waals surface area contributed by atoms with Crippen molar-refractivity contribution in [2.24, 2.45) is 0 Å². The third-order valence-corrected chi connectivity index (χ3v) is 3.18. The molecule has 1 aliphatic rings. The van der Waals surface area contributed by atoms with Gasteiger partial charge in [0.1, 0.15) is 0 Å². The highest BCUT2D eigenvalue weighted by atomic mass is 19.4. The summed E-state index contributed by atoms with van der Waals surface area (Å²) in [5.74, 6) is 0. The van der Waals surface area contributed by atoms with Crippen molar-refractivity contribution in [1.82, 2.24) is 10.2 Å². The molecule has 0 unspecified atom stereocenters. The molecule has 0 saturated carbocycles. The minimum absolute atomic E-state index is 0.0262. The molecule has 1 saturated heterocycles. The van der Waals surface area contributed by atoms with Crippen molar-refractivity contribution >= 4 is 0 Å². The number of benzene rings is 1. The van der Waals surface area contributed by atoms with Gasteiger partial charge in [0.25, 0.3) is 0 Å². The second kappa shape index (κ2) is 5.71. The molecule has 1 atom stereocenters. The Morgan fingerprint density at radius 1 is 1.22 bits per heavy atom. The van der Waals surface area contributed by atoms with Crippen molar-refractivity contribution in [3.8, 4) is 0 Å². The highest BCUT2D eigenvalue weighted by Crippen LogP contribution is 2.25. The number of alkyl halides is 3. The molecule has 1 aromatic carbocycles. The van der Waals surface area contributed by atoms with Crippen LogP contribution in [0.5, 0.6) is 0 Å². The zero-order valence-corrected chi connectivity index (χ0v) is 10.1. The minimum Gasteiger partial charge on any atom is -0.313 e. The molecule has 1 aromatic rings. The first-order chi connectivity index (χ1) is 8.55. The molecule has 0 aromatic heterocycles. The fourth-order valence-corrected chi connectivity index (χ4v) is 2.24. The van der Waals surface area contributed by atoms with Crippen LogP contribution in [0.4, 0.5) is 13.2 Å². The standard InChI is InChI=1S/C13H17F3N2/c14-13(15,16)18(10-12-7-4-8-17-12)9-11-5-2-1-3-6-11/h1-3,5-6,12,17H,4,7-10H2/t12-/m0/s1. The Hall–Kier alpha value is -1.07. The monoisotopic (exact) mass is 258 g/mol. The lowest BCUT2D eigenvalue weighted by Gasteiger charge is -2.27. The van der Waals surface area contributed by atoms with E-state index in [-0.39, 0.29) is 19.1 Å². The summed E-state index contributed by atoms with van der Waals surface area (Å²) in [6.07, 6.45) is -2.50. The molecular weight excluding hydrogens is 241 g/mol. The van der Waals surface area contributed by atoms with E-state index in [4.69, 9.17) is 0 Å². The zero-order chi connectivity index (χ0) is 13.0. The number of rotatable bonds is 4. The molecule has 0 radical (unpaired) electrons. The smallest absolute Gasteiger partial charge is 0.313 e. The van der Waals surface area contributed by atoms with Gasteiger partial charge in [0.05, 0.1) is 0 Å². The molecule has 1 fully saturated rings. The first-order valence-electron chi connectivity index (χ1n) is 6.15. The SMILES string of the molecule is FC(F)(F)N(Cc1ccccc1)C[C@@H]1CCCN1. The van der Waals surface area contributed by atoms with Gasteiger partial charge in [-0.2, -0.15) is 13.2 Å². The van der Waals surface area contributed by atoms with Crippen molar-refractivity contribution in [3.63, 3.8) is 0 Å². The van der Waals surface area contributed by atoms with Crippen LogP contribution in [0.2, 0.25) is 0 Å². The molecule has 0 amide bonds. The summed E-state index contributed by atoms with van der Waals surface area (Å²) in [7, 11) is 0. The van der Waals surface area contributed by atoms with Gasteiger partial charge in [0, 0.05) is 19.1 Å². The molecule has 5 heteroatoms. The van der Waals surface area contributed by atoms with E-state index in [0.717, 1.165) is 19.4 Å². The van der Waals surface area contributed by atoms with E-state index in [1.54, 1.807) is 30.3 Å². The third-order valence-electron chi connectivity index (χ3n) is 3.18. The normalized spacial score (nSPS) is 20.6. The zero-order valence-electron chi connectivity index (χ0n) is 10.1. The highest BCUT2D eigenvalue weighted by molar-refractivity contribution is 5.14. The van der Waals surface area contributed by atoms with Gasteiger partial charge < -0.3 is 5.32 Å². The van der Waals surface area contributed by atoms with Crippen LogP contribution in [0.25, 0.3) is 0 Å². The Balaban J connectivity index is 2.01. The molecule has 2 rings (SSSR count). The first kappa shape index (κ1) is 13.4. The third kappa shape index (κ3) is 3.71. The maximum absolute atomic E-state index is 13.0. The lowest BCUT2D eigenvalue weighted by Crippen LogP contribution is -2.44. The lowest BCUT2D eigenvalue weighted by atomic mass is 10.2. The van der Waals surface area contributed by atoms with Crippen molar-refractivity contribution in [3.05, 3.63) is 35.9 Å². The quantitative estimate of drug-likeness (QED) is 0.835. The number of hydrogen-bond donors (Lipinski definition) is 1. The fraction of sp³-hybridized carbons (Fsp3) is 0.538. The molecule has 100 valence electrons. The van der Waals surface area contributed by atoms with Gasteiger partial charge in [-0.1, -0.05) is 30.3 Å². The van der Waals surface area contributed by atoms with E-state index in [9.17, 15) is 13.2 Å². The highest BCUT2D eigenvalue weighted by Gasteiger charge is 2.38. The van der Waals surface area contributed by atoms with Gasteiger partial charge >= 0.3 is 6.30 Å². The van der Waals surface area contributed by atoms with E-state index >= 15 is 0 Å². The van der Waals surface area contributed by atoms with Gasteiger partial charge in [-0.05, 0) is 24.9 Å². The number of nitrogens with zero attached hydrogens (tertiary/aromatic N) is 1. The molecule has 1 aliphatic heterocycles. The maximum Gasteiger partial charge on any atom is 0.460 e. The van der Waals surface area contributed by atoms with Crippen LogP contribution in [0, 0.1) is 0 Å². The number of nitrogens with one attached hydrogen (secondary N) is 1. The van der Waals surface area contributed by atoms with Crippen LogP contribution in [0.15, 0.2) is 30.3 Å². The van der Waals surface area contributed by atoms with Crippen LogP contribution in [-0.4, -0.2) is 30.3 Å². The van der Waals surface area contributed by atoms with E-state index in [2.05, 4.69) is 5.32 Å². The summed E-state index contributed by atoms with van der Waals surface area (Å²) in [6.45, 7) is 0.766. The lowest BCUT2D eigenvalue weighted by molar-refractivity contribution is -0.250. The molecule has 0 aliphatic carbocycles. The van der Waals surface area contributed by atoms with Crippen molar-refractivity contribution < 1.29 is 13.2 Å². The van der Waals surface area contributed by atoms with Crippen molar-refractivity contribution in [1.29, 1.82) is 0 Å². The van der Waals surface area contributed by atoms with Crippen LogP contribution in [-0.2, 0) is 6.54 Å². The van der Waals surface area contributed by atoms with Crippen LogP contribution in [0.3, 0.4) is 0 Å². The van der Waals surface area contributed by atoms with Gasteiger partial charge in [-0.15, -0.1) is 0 Å². The Bertz CT molecular complexity index is 358. The Kier molecular flexibility index (Phi) is 4.24. The first-order valence-corrected chi connectivity index (χ1v) is 6.15. The maximum atomic E-state index is 13.0. The summed E-state index contributed by atoms with van der Waals surface area (Å²) < 4.78 is 38.9. The summed E-state index contributed by atoms with van der Waals surface area (Å²) in [4.78, 5) is 0.589. The summed E-state index contributed by atoms with van der Waals surface area (Å²) in [6, 6.07) is 8.73. The van der Waals surface area contributed by atoms with E-state index in [0.29, 0.717) is 10.5 Å². The van der Waals surface area contributed by atoms with Gasteiger partial charge in [-0.3, -0.25) is 0 Å². The van der Waals surface area contributed by atoms with E-state index in [1.165, 1.54) is 0 Å². The van der Waals surface area contributed by atoms with E-state index in [1.807, 2.05) is 0 Å². The predicted molar refractivity (Wildman–Crippen MR) is 63.9 cm³/mol. The average molecular weight is 258 g/mol. The second-order valence-corrected chi connectivity index (χ2v) is 4.63. The van der Waals surface area contributed by atoms with Crippen LogP contribution in [0.1, 0.15) is 18.4 Å². The predicted octanol–water partition coefficient (Wildman–Crippen LogP) is 2.76. The van der Waals surface area contributed by atoms with Gasteiger partial charge in [0.15, 0.2) is 0 Å². The Morgan fingerprint density at radius 3 is 2.50 bits per heavy atom. The molecule has 0 bridgehead atoms. The Labute approximate surface area is 105 Å². The minimum atomic E-state index is -4.28. The largest absolute Gasteiger partial charge is 0.460 e. The van der Waals surface area contributed by atoms with E-state index < -0.39 is 6.30 Å². The van der Waals surface area contributed by atoms with Crippen molar-refractivity contribution in [2.75, 3.05) is 13.1 Å².